The summed E-state index contributed by atoms with van der Waals surface area (Å²) in [6, 6.07) is 6.24. The number of nitrogens with one attached hydrogen (secondary N) is 8. The molecular formula is C53H79N13O14. The number of carboxylic acid groups (broad SMARTS) is 3. The molecule has 1 aromatic heterocycles. The molecular weight excluding hydrogens is 1040 g/mol. The number of likely N-dealkylation sites (N-methyl/N-ethyl adjacent to an activating group) is 1. The van der Waals surface area contributed by atoms with Crippen LogP contribution in [0, 0.1) is 11.8 Å². The van der Waals surface area contributed by atoms with Crippen molar-refractivity contribution < 1.29 is 68.4 Å². The van der Waals surface area contributed by atoms with Gasteiger partial charge in [0.15, 0.2) is 5.96 Å². The average molecular weight is 1120 g/mol. The number of aliphatic imine (C=N–C) groups is 1. The van der Waals surface area contributed by atoms with Crippen molar-refractivity contribution in [2.75, 3.05) is 26.7 Å². The number of nitrogens with two attached hydrogens (primary N) is 2. The molecule has 1 aliphatic heterocycles. The van der Waals surface area contributed by atoms with Gasteiger partial charge in [0.1, 0.15) is 48.0 Å². The van der Waals surface area contributed by atoms with Gasteiger partial charge >= 0.3 is 5.97 Å². The minimum atomic E-state index is -1.35. The topological polar surface area (TPSA) is 432 Å². The first kappa shape index (κ1) is 67.5. The Hall–Kier alpha value is -8.62. The first-order chi connectivity index (χ1) is 37.8. The van der Waals surface area contributed by atoms with E-state index >= 15 is 0 Å². The van der Waals surface area contributed by atoms with Gasteiger partial charge in [-0.05, 0) is 67.8 Å². The molecule has 16 N–H and O–H groups in total. The number of aromatic amines is 1. The SMILES string of the molecule is CC(=O)O.CC(=O)O.CC[C@H](C)[C@H](NC(=O)[C@H](Cc1ccc(O)cc1)NC(=O)[C@@H](NC(=O)[C@H](CCCN=C(N)N)NC(=O)CNC)C(C)C)C(=O)N[C@@H](Cc1cnc[nH]1)C(=O)N1CCC[C@H]1C(=O)N[C@@H](Cc1ccccc1)C(=O)O. The number of carboxylic acids is 3. The molecule has 7 amide bonds. The first-order valence-electron chi connectivity index (χ1n) is 26.0. The van der Waals surface area contributed by atoms with Crippen molar-refractivity contribution in [1.29, 1.82) is 0 Å². The number of aliphatic carboxylic acids is 3. The summed E-state index contributed by atoms with van der Waals surface area (Å²) in [5, 5.41) is 53.9. The van der Waals surface area contributed by atoms with Crippen LogP contribution in [0.1, 0.15) is 90.5 Å². The lowest BCUT2D eigenvalue weighted by Gasteiger charge is -2.32. The highest BCUT2D eigenvalue weighted by molar-refractivity contribution is 5.98. The van der Waals surface area contributed by atoms with Gasteiger partial charge in [-0.3, -0.25) is 48.1 Å². The zero-order chi connectivity index (χ0) is 60.1. The fourth-order valence-electron chi connectivity index (χ4n) is 8.16. The third kappa shape index (κ3) is 24.8. The standard InChI is InChI=1S/C49H71N13O10.2C2H4O2/c1-6-29(4)41(46(69)58-36(24-32-25-53-27-55-32)47(70)62-21-11-15-38(62)44(67)59-37(48(71)72)23-30-12-8-7-9-13-30)61-43(66)35(22-31-16-18-33(63)19-17-31)57-45(68)40(28(2)3)60-42(65)34(56-39(64)26-52-5)14-10-20-54-49(50)51;2*1-2(3)4/h7-9,12-13,16-19,25,27-29,34-38,40-41,52,63H,6,10-11,14-15,20-24,26H2,1-5H3,(H,53,55)(H,56,64)(H,57,68)(H,58,69)(H,59,67)(H,60,65)(H,61,66)(H,71,72)(H4,50,51,54);2*1H3,(H,3,4)/t29-,34-,35-,36-,37-,38-,40-,41-;;/m0../s1. The van der Waals surface area contributed by atoms with E-state index in [9.17, 15) is 48.6 Å². The number of rotatable bonds is 28. The van der Waals surface area contributed by atoms with Gasteiger partial charge in [-0.2, -0.15) is 0 Å². The fraction of sp³-hybridized carbons (Fsp3) is 0.509. The molecule has 0 aliphatic carbocycles. The third-order valence-electron chi connectivity index (χ3n) is 12.3. The van der Waals surface area contributed by atoms with E-state index in [-0.39, 0.29) is 63.4 Å². The van der Waals surface area contributed by atoms with Crippen molar-refractivity contribution in [3.05, 3.63) is 83.9 Å². The summed E-state index contributed by atoms with van der Waals surface area (Å²) in [5.41, 5.74) is 12.6. The van der Waals surface area contributed by atoms with Gasteiger partial charge in [-0.15, -0.1) is 0 Å². The summed E-state index contributed by atoms with van der Waals surface area (Å²) < 4.78 is 0. The molecule has 2 aromatic carbocycles. The number of aromatic nitrogens is 2. The number of phenolic OH excluding ortho intramolecular Hbond substituents is 1. The van der Waals surface area contributed by atoms with E-state index in [4.69, 9.17) is 31.3 Å². The van der Waals surface area contributed by atoms with E-state index < -0.39 is 113 Å². The number of amides is 7. The number of nitrogens with zero attached hydrogens (tertiary/aromatic N) is 3. The van der Waals surface area contributed by atoms with E-state index in [0.717, 1.165) is 13.8 Å². The Morgan fingerprint density at radius 1 is 0.725 bits per heavy atom. The highest BCUT2D eigenvalue weighted by Gasteiger charge is 2.41. The van der Waals surface area contributed by atoms with E-state index in [1.807, 2.05) is 0 Å². The van der Waals surface area contributed by atoms with Gasteiger partial charge in [-0.1, -0.05) is 76.6 Å². The lowest BCUT2D eigenvalue weighted by atomic mass is 9.96. The lowest BCUT2D eigenvalue weighted by molar-refractivity contribution is -0.145. The van der Waals surface area contributed by atoms with Crippen LogP contribution in [0.2, 0.25) is 0 Å². The minimum absolute atomic E-state index is 0.0144. The van der Waals surface area contributed by atoms with Crippen LogP contribution in [-0.4, -0.2) is 169 Å². The maximum absolute atomic E-state index is 14.5. The molecule has 0 radical (unpaired) electrons. The van der Waals surface area contributed by atoms with Gasteiger partial charge in [0.05, 0.1) is 12.9 Å². The van der Waals surface area contributed by atoms with Crippen molar-refractivity contribution in [3.63, 3.8) is 0 Å². The monoisotopic (exact) mass is 1120 g/mol. The van der Waals surface area contributed by atoms with Gasteiger partial charge in [-0.25, -0.2) is 9.78 Å². The normalized spacial score (nSPS) is 15.2. The quantitative estimate of drug-likeness (QED) is 0.0242. The van der Waals surface area contributed by atoms with E-state index in [1.54, 1.807) is 77.2 Å². The predicted octanol–water partition coefficient (Wildman–Crippen LogP) is -0.716. The number of aromatic hydroxyl groups is 1. The van der Waals surface area contributed by atoms with Crippen LogP contribution in [-0.2, 0) is 67.2 Å². The number of imidazole rings is 1. The molecule has 440 valence electrons. The number of benzene rings is 2. The van der Waals surface area contributed by atoms with Crippen LogP contribution in [0.3, 0.4) is 0 Å². The van der Waals surface area contributed by atoms with Crippen LogP contribution in [0.15, 0.2) is 72.1 Å². The molecule has 27 nitrogen and oxygen atoms in total. The summed E-state index contributed by atoms with van der Waals surface area (Å²) in [6.07, 6.45) is 4.20. The Kier molecular flexibility index (Phi) is 29.5. The van der Waals surface area contributed by atoms with Crippen molar-refractivity contribution in [3.8, 4) is 5.75 Å². The fourth-order valence-corrected chi connectivity index (χ4v) is 8.16. The Balaban J connectivity index is 0.00000255. The number of guanidine groups is 1. The summed E-state index contributed by atoms with van der Waals surface area (Å²) in [7, 11) is 1.57. The molecule has 0 unspecified atom stereocenters. The van der Waals surface area contributed by atoms with E-state index in [0.29, 0.717) is 36.1 Å². The highest BCUT2D eigenvalue weighted by Crippen LogP contribution is 2.21. The molecule has 0 bridgehead atoms. The van der Waals surface area contributed by atoms with Crippen molar-refractivity contribution in [2.24, 2.45) is 28.3 Å². The first-order valence-corrected chi connectivity index (χ1v) is 26.0. The second-order valence-corrected chi connectivity index (χ2v) is 19.3. The Morgan fingerprint density at radius 3 is 1.84 bits per heavy atom. The van der Waals surface area contributed by atoms with E-state index in [2.05, 4.69) is 52.2 Å². The molecule has 1 saturated heterocycles. The average Bonchev–Trinajstić information content (AvgIpc) is 4.11. The number of likely N-dealkylation sites (tertiary alicyclic amines) is 1. The second kappa shape index (κ2) is 35.0. The Bertz CT molecular complexity index is 2510. The lowest BCUT2D eigenvalue weighted by Crippen LogP contribution is -2.62. The zero-order valence-corrected chi connectivity index (χ0v) is 46.2. The maximum atomic E-state index is 14.5. The molecule has 2 heterocycles. The van der Waals surface area contributed by atoms with Crippen LogP contribution in [0.25, 0.3) is 0 Å². The summed E-state index contributed by atoms with van der Waals surface area (Å²) in [5.74, 6) is -8.82. The van der Waals surface area contributed by atoms with Crippen LogP contribution in [0.4, 0.5) is 0 Å². The largest absolute Gasteiger partial charge is 0.508 e. The molecule has 1 fully saturated rings. The highest BCUT2D eigenvalue weighted by atomic mass is 16.4. The number of carbonyl (C=O) groups excluding carboxylic acids is 7. The van der Waals surface area contributed by atoms with Crippen LogP contribution < -0.4 is 48.7 Å². The van der Waals surface area contributed by atoms with E-state index in [1.165, 1.54) is 29.6 Å². The maximum Gasteiger partial charge on any atom is 0.326 e. The number of hydrogen-bond acceptors (Lipinski definition) is 14. The molecule has 0 saturated carbocycles. The van der Waals surface area contributed by atoms with Crippen molar-refractivity contribution in [2.45, 2.75) is 135 Å². The minimum Gasteiger partial charge on any atom is -0.508 e. The van der Waals surface area contributed by atoms with Crippen LogP contribution in [0.5, 0.6) is 5.75 Å². The smallest absolute Gasteiger partial charge is 0.326 e. The van der Waals surface area contributed by atoms with Gasteiger partial charge in [0, 0.05) is 58.1 Å². The molecule has 8 atom stereocenters. The summed E-state index contributed by atoms with van der Waals surface area (Å²) >= 11 is 0. The molecule has 27 heteroatoms. The van der Waals surface area contributed by atoms with Gasteiger partial charge in [0.2, 0.25) is 41.4 Å². The molecule has 3 aromatic rings. The van der Waals surface area contributed by atoms with Gasteiger partial charge in [0.25, 0.3) is 11.9 Å². The molecule has 1 aliphatic rings. The van der Waals surface area contributed by atoms with Crippen molar-refractivity contribution >= 4 is 65.2 Å². The molecule has 80 heavy (non-hydrogen) atoms. The third-order valence-corrected chi connectivity index (χ3v) is 12.3. The Morgan fingerprint density at radius 2 is 1.29 bits per heavy atom. The second-order valence-electron chi connectivity index (χ2n) is 19.3. The number of H-pyrrole nitrogens is 1. The summed E-state index contributed by atoms with van der Waals surface area (Å²) in [4.78, 5) is 140. The molecule has 0 spiro atoms. The number of carbonyl (C=O) groups is 10. The van der Waals surface area contributed by atoms with Crippen molar-refractivity contribution in [1.82, 2.24) is 52.1 Å². The van der Waals surface area contributed by atoms with Gasteiger partial charge < -0.3 is 79.0 Å². The summed E-state index contributed by atoms with van der Waals surface area (Å²) in [6.45, 7) is 9.32. The zero-order valence-electron chi connectivity index (χ0n) is 46.2. The predicted molar refractivity (Wildman–Crippen MR) is 293 cm³/mol. The number of hydrogen-bond donors (Lipinski definition) is 14. The van der Waals surface area contributed by atoms with Crippen LogP contribution >= 0.6 is 0 Å². The number of phenols is 1. The Labute approximate surface area is 464 Å². The molecule has 4 rings (SSSR count).